The van der Waals surface area contributed by atoms with Crippen LogP contribution in [-0.4, -0.2) is 57.1 Å². The van der Waals surface area contributed by atoms with Crippen molar-refractivity contribution in [2.24, 2.45) is 0 Å². The molecule has 0 spiro atoms. The van der Waals surface area contributed by atoms with Gasteiger partial charge in [0.05, 0.1) is 11.9 Å². The van der Waals surface area contributed by atoms with Crippen molar-refractivity contribution in [1.29, 1.82) is 0 Å². The number of benzene rings is 2. The Labute approximate surface area is 182 Å². The third-order valence-corrected chi connectivity index (χ3v) is 5.94. The van der Waals surface area contributed by atoms with Crippen LogP contribution in [0.3, 0.4) is 0 Å². The van der Waals surface area contributed by atoms with E-state index in [2.05, 4.69) is 5.32 Å². The topological polar surface area (TPSA) is 86.8 Å². The molecule has 7 nitrogen and oxygen atoms in total. The number of amides is 2. The Hall–Kier alpha value is -2.94. The summed E-state index contributed by atoms with van der Waals surface area (Å²) in [7, 11) is -3.82. The number of nitrogens with zero attached hydrogens (tertiary/aromatic N) is 2. The van der Waals surface area contributed by atoms with Crippen LogP contribution in [0.2, 0.25) is 0 Å². The molecule has 0 aliphatic rings. The highest BCUT2D eigenvalue weighted by molar-refractivity contribution is 7.92. The SMILES string of the molecule is CCNC(=O)C(C)N(CCc1ccccc1)C(=O)CN(c1ccc(F)cc1)S(C)(=O)=O. The maximum atomic E-state index is 13.3. The number of hydrogen-bond donors (Lipinski definition) is 1. The van der Waals surface area contributed by atoms with Crippen molar-refractivity contribution >= 4 is 27.5 Å². The Morgan fingerprint density at radius 3 is 2.23 bits per heavy atom. The first kappa shape index (κ1) is 24.3. The lowest BCUT2D eigenvalue weighted by atomic mass is 10.1. The van der Waals surface area contributed by atoms with Crippen LogP contribution >= 0.6 is 0 Å². The number of carbonyl (C=O) groups is 2. The van der Waals surface area contributed by atoms with E-state index >= 15 is 0 Å². The van der Waals surface area contributed by atoms with Crippen molar-refractivity contribution in [3.8, 4) is 0 Å². The van der Waals surface area contributed by atoms with E-state index in [0.29, 0.717) is 13.0 Å². The Morgan fingerprint density at radius 2 is 1.68 bits per heavy atom. The minimum Gasteiger partial charge on any atom is -0.355 e. The first-order chi connectivity index (χ1) is 14.6. The third kappa shape index (κ3) is 7.06. The van der Waals surface area contributed by atoms with E-state index in [-0.39, 0.29) is 18.1 Å². The molecule has 0 heterocycles. The van der Waals surface area contributed by atoms with E-state index < -0.39 is 34.3 Å². The summed E-state index contributed by atoms with van der Waals surface area (Å²) in [6.07, 6.45) is 1.48. The average Bonchev–Trinajstić information content (AvgIpc) is 2.73. The van der Waals surface area contributed by atoms with Gasteiger partial charge in [0.15, 0.2) is 0 Å². The molecule has 0 saturated carbocycles. The highest BCUT2D eigenvalue weighted by Gasteiger charge is 2.29. The molecular formula is C22H28FN3O4S. The number of nitrogens with one attached hydrogen (secondary N) is 1. The van der Waals surface area contributed by atoms with Crippen molar-refractivity contribution in [2.75, 3.05) is 30.2 Å². The molecule has 31 heavy (non-hydrogen) atoms. The number of rotatable bonds is 10. The predicted molar refractivity (Wildman–Crippen MR) is 119 cm³/mol. The van der Waals surface area contributed by atoms with E-state index in [9.17, 15) is 22.4 Å². The molecule has 1 atom stereocenters. The molecule has 2 rings (SSSR count). The quantitative estimate of drug-likeness (QED) is 0.602. The van der Waals surface area contributed by atoms with Crippen molar-refractivity contribution in [3.05, 3.63) is 66.0 Å². The molecule has 1 unspecified atom stereocenters. The fourth-order valence-electron chi connectivity index (χ4n) is 3.11. The number of sulfonamides is 1. The van der Waals surface area contributed by atoms with Crippen LogP contribution in [0.1, 0.15) is 19.4 Å². The van der Waals surface area contributed by atoms with Gasteiger partial charge in [0.2, 0.25) is 21.8 Å². The van der Waals surface area contributed by atoms with Gasteiger partial charge in [-0.25, -0.2) is 12.8 Å². The van der Waals surface area contributed by atoms with Gasteiger partial charge in [-0.15, -0.1) is 0 Å². The van der Waals surface area contributed by atoms with Gasteiger partial charge in [-0.3, -0.25) is 13.9 Å². The van der Waals surface area contributed by atoms with Gasteiger partial charge in [0, 0.05) is 13.1 Å². The van der Waals surface area contributed by atoms with Gasteiger partial charge in [-0.05, 0) is 50.1 Å². The maximum Gasteiger partial charge on any atom is 0.244 e. The molecule has 2 aromatic rings. The molecule has 2 amide bonds. The fraction of sp³-hybridized carbons (Fsp3) is 0.364. The monoisotopic (exact) mass is 449 g/mol. The van der Waals surface area contributed by atoms with E-state index in [1.165, 1.54) is 17.0 Å². The minimum absolute atomic E-state index is 0.172. The number of anilines is 1. The summed E-state index contributed by atoms with van der Waals surface area (Å²) in [6.45, 7) is 3.54. The maximum absolute atomic E-state index is 13.3. The molecule has 9 heteroatoms. The smallest absolute Gasteiger partial charge is 0.244 e. The van der Waals surface area contributed by atoms with Crippen LogP contribution in [0, 0.1) is 5.82 Å². The van der Waals surface area contributed by atoms with Crippen LogP contribution in [0.4, 0.5) is 10.1 Å². The number of halogens is 1. The molecule has 0 aliphatic heterocycles. The molecule has 0 aromatic heterocycles. The Morgan fingerprint density at radius 1 is 1.06 bits per heavy atom. The molecule has 0 aliphatic carbocycles. The zero-order valence-corrected chi connectivity index (χ0v) is 18.7. The molecule has 0 bridgehead atoms. The molecule has 0 radical (unpaired) electrons. The van der Waals surface area contributed by atoms with Gasteiger partial charge >= 0.3 is 0 Å². The van der Waals surface area contributed by atoms with Gasteiger partial charge in [0.1, 0.15) is 18.4 Å². The van der Waals surface area contributed by atoms with E-state index in [4.69, 9.17) is 0 Å². The lowest BCUT2D eigenvalue weighted by molar-refractivity contribution is -0.138. The van der Waals surface area contributed by atoms with E-state index in [1.54, 1.807) is 13.8 Å². The standard InChI is InChI=1S/C22H28FN3O4S/c1-4-24-22(28)17(2)25(15-14-18-8-6-5-7-9-18)21(27)16-26(31(3,29)30)20-12-10-19(23)11-13-20/h5-13,17H,4,14-16H2,1-3H3,(H,24,28). The molecule has 0 saturated heterocycles. The summed E-state index contributed by atoms with van der Waals surface area (Å²) in [5.74, 6) is -1.36. The highest BCUT2D eigenvalue weighted by atomic mass is 32.2. The zero-order chi connectivity index (χ0) is 23.0. The molecule has 0 fully saturated rings. The predicted octanol–water partition coefficient (Wildman–Crippen LogP) is 2.19. The summed E-state index contributed by atoms with van der Waals surface area (Å²) in [5.41, 5.74) is 1.16. The zero-order valence-electron chi connectivity index (χ0n) is 17.9. The van der Waals surface area contributed by atoms with E-state index in [1.807, 2.05) is 30.3 Å². The molecule has 1 N–H and O–H groups in total. The lowest BCUT2D eigenvalue weighted by Crippen LogP contribution is -2.52. The first-order valence-corrected chi connectivity index (χ1v) is 11.8. The van der Waals surface area contributed by atoms with Crippen molar-refractivity contribution in [2.45, 2.75) is 26.3 Å². The van der Waals surface area contributed by atoms with Gasteiger partial charge < -0.3 is 10.2 Å². The Balaban J connectivity index is 2.28. The first-order valence-electron chi connectivity index (χ1n) is 9.98. The highest BCUT2D eigenvalue weighted by Crippen LogP contribution is 2.19. The second-order valence-corrected chi connectivity index (χ2v) is 9.05. The van der Waals surface area contributed by atoms with Crippen LogP contribution in [0.25, 0.3) is 0 Å². The average molecular weight is 450 g/mol. The normalized spacial score (nSPS) is 12.1. The fourth-order valence-corrected chi connectivity index (χ4v) is 3.96. The second kappa shape index (κ2) is 10.9. The second-order valence-electron chi connectivity index (χ2n) is 7.14. The summed E-state index contributed by atoms with van der Waals surface area (Å²) in [6, 6.07) is 13.5. The van der Waals surface area contributed by atoms with Crippen LogP contribution in [0.5, 0.6) is 0 Å². The summed E-state index contributed by atoms with van der Waals surface area (Å²) >= 11 is 0. The van der Waals surface area contributed by atoms with E-state index in [0.717, 1.165) is 28.3 Å². The van der Waals surface area contributed by atoms with Crippen LogP contribution in [-0.2, 0) is 26.0 Å². The number of likely N-dealkylation sites (N-methyl/N-ethyl adjacent to an activating group) is 1. The van der Waals surface area contributed by atoms with Gasteiger partial charge in [-0.2, -0.15) is 0 Å². The van der Waals surface area contributed by atoms with Crippen LogP contribution < -0.4 is 9.62 Å². The summed E-state index contributed by atoms with van der Waals surface area (Å²) in [4.78, 5) is 27.0. The minimum atomic E-state index is -3.82. The van der Waals surface area contributed by atoms with Gasteiger partial charge in [0.25, 0.3) is 0 Å². The summed E-state index contributed by atoms with van der Waals surface area (Å²) < 4.78 is 38.9. The van der Waals surface area contributed by atoms with Crippen molar-refractivity contribution in [1.82, 2.24) is 10.2 Å². The largest absolute Gasteiger partial charge is 0.355 e. The number of carbonyl (C=O) groups excluding carboxylic acids is 2. The Kier molecular flexibility index (Phi) is 8.56. The molecular weight excluding hydrogens is 421 g/mol. The van der Waals surface area contributed by atoms with Crippen LogP contribution in [0.15, 0.2) is 54.6 Å². The molecule has 168 valence electrons. The number of hydrogen-bond acceptors (Lipinski definition) is 4. The summed E-state index contributed by atoms with van der Waals surface area (Å²) in [5, 5.41) is 2.69. The van der Waals surface area contributed by atoms with Crippen molar-refractivity contribution < 1.29 is 22.4 Å². The molecule has 2 aromatic carbocycles. The van der Waals surface area contributed by atoms with Crippen molar-refractivity contribution in [3.63, 3.8) is 0 Å². The lowest BCUT2D eigenvalue weighted by Gasteiger charge is -2.31. The third-order valence-electron chi connectivity index (χ3n) is 4.80. The van der Waals surface area contributed by atoms with Gasteiger partial charge in [-0.1, -0.05) is 30.3 Å². The Bertz CT molecular complexity index is 982.